The maximum atomic E-state index is 11.7. The van der Waals surface area contributed by atoms with Crippen LogP contribution in [0.5, 0.6) is 0 Å². The second kappa shape index (κ2) is 5.21. The zero-order valence-electron chi connectivity index (χ0n) is 12.1. The highest BCUT2D eigenvalue weighted by Crippen LogP contribution is 2.37. The van der Waals surface area contributed by atoms with Crippen molar-refractivity contribution in [2.24, 2.45) is 0 Å². The topological polar surface area (TPSA) is 43.8 Å². The summed E-state index contributed by atoms with van der Waals surface area (Å²) in [5.74, 6) is -0.253. The molecule has 0 fully saturated rings. The summed E-state index contributed by atoms with van der Waals surface area (Å²) >= 11 is 0. The largest absolute Gasteiger partial charge is 0.378 e. The molecule has 0 aromatic heterocycles. The summed E-state index contributed by atoms with van der Waals surface area (Å²) in [5.41, 5.74) is 2.59. The van der Waals surface area contributed by atoms with Gasteiger partial charge in [-0.15, -0.1) is 0 Å². The summed E-state index contributed by atoms with van der Waals surface area (Å²) in [5, 5.41) is 9.84. The summed E-state index contributed by atoms with van der Waals surface area (Å²) in [4.78, 5) is 15.5. The zero-order chi connectivity index (χ0) is 14.2. The Kier molecular flexibility index (Phi) is 3.80. The third-order valence-corrected chi connectivity index (χ3v) is 4.01. The van der Waals surface area contributed by atoms with Crippen molar-refractivity contribution in [3.63, 3.8) is 0 Å². The first kappa shape index (κ1) is 13.9. The molecule has 1 aromatic rings. The highest BCUT2D eigenvalue weighted by molar-refractivity contribution is 6.03. The third kappa shape index (κ3) is 2.32. The van der Waals surface area contributed by atoms with Crippen molar-refractivity contribution in [3.05, 3.63) is 23.8 Å². The SMILES string of the molecule is CCCC(C)N(C)c1ccc2c(c1)N(C)C(=O)C2O. The Bertz CT molecular complexity index is 487. The average Bonchev–Trinajstić information content (AvgIpc) is 2.63. The molecule has 2 rings (SSSR count). The Labute approximate surface area is 114 Å². The van der Waals surface area contributed by atoms with Crippen LogP contribution in [-0.4, -0.2) is 31.2 Å². The molecule has 0 bridgehead atoms. The molecule has 1 N–H and O–H groups in total. The Morgan fingerprint density at radius 3 is 2.79 bits per heavy atom. The summed E-state index contributed by atoms with van der Waals surface area (Å²) < 4.78 is 0. The molecule has 19 heavy (non-hydrogen) atoms. The van der Waals surface area contributed by atoms with Crippen molar-refractivity contribution in [1.29, 1.82) is 0 Å². The minimum absolute atomic E-state index is 0.253. The number of aliphatic hydroxyl groups is 1. The molecular weight excluding hydrogens is 240 g/mol. The zero-order valence-corrected chi connectivity index (χ0v) is 12.1. The van der Waals surface area contributed by atoms with Gasteiger partial charge in [-0.2, -0.15) is 0 Å². The second-order valence-corrected chi connectivity index (χ2v) is 5.29. The molecule has 4 heteroatoms. The lowest BCUT2D eigenvalue weighted by atomic mass is 10.1. The van der Waals surface area contributed by atoms with E-state index < -0.39 is 6.10 Å². The lowest BCUT2D eigenvalue weighted by Gasteiger charge is -2.27. The van der Waals surface area contributed by atoms with E-state index in [1.165, 1.54) is 4.90 Å². The Morgan fingerprint density at radius 1 is 1.47 bits per heavy atom. The fourth-order valence-electron chi connectivity index (χ4n) is 2.57. The Balaban J connectivity index is 2.30. The van der Waals surface area contributed by atoms with Gasteiger partial charge < -0.3 is 14.9 Å². The summed E-state index contributed by atoms with van der Waals surface area (Å²) in [6.07, 6.45) is 1.27. The van der Waals surface area contributed by atoms with Crippen LogP contribution in [0.2, 0.25) is 0 Å². The number of hydrogen-bond acceptors (Lipinski definition) is 3. The van der Waals surface area contributed by atoms with Crippen LogP contribution in [0, 0.1) is 0 Å². The molecule has 0 radical (unpaired) electrons. The van der Waals surface area contributed by atoms with E-state index in [1.54, 1.807) is 7.05 Å². The summed E-state index contributed by atoms with van der Waals surface area (Å²) in [6.45, 7) is 4.37. The quantitative estimate of drug-likeness (QED) is 0.905. The molecule has 0 aliphatic carbocycles. The monoisotopic (exact) mass is 262 g/mol. The van der Waals surface area contributed by atoms with E-state index >= 15 is 0 Å². The highest BCUT2D eigenvalue weighted by atomic mass is 16.3. The Hall–Kier alpha value is -1.55. The van der Waals surface area contributed by atoms with E-state index in [9.17, 15) is 9.90 Å². The van der Waals surface area contributed by atoms with Crippen LogP contribution in [0.4, 0.5) is 11.4 Å². The van der Waals surface area contributed by atoms with Crippen molar-refractivity contribution in [2.45, 2.75) is 38.8 Å². The van der Waals surface area contributed by atoms with Crippen LogP contribution in [0.25, 0.3) is 0 Å². The van der Waals surface area contributed by atoms with Gasteiger partial charge >= 0.3 is 0 Å². The second-order valence-electron chi connectivity index (χ2n) is 5.29. The van der Waals surface area contributed by atoms with E-state index in [-0.39, 0.29) is 5.91 Å². The van der Waals surface area contributed by atoms with Gasteiger partial charge in [0.15, 0.2) is 6.10 Å². The van der Waals surface area contributed by atoms with E-state index in [4.69, 9.17) is 0 Å². The van der Waals surface area contributed by atoms with Gasteiger partial charge in [0, 0.05) is 31.4 Å². The first-order valence-corrected chi connectivity index (χ1v) is 6.79. The number of rotatable bonds is 4. The van der Waals surface area contributed by atoms with E-state index in [2.05, 4.69) is 25.8 Å². The number of fused-ring (bicyclic) bond motifs is 1. The predicted octanol–water partition coefficient (Wildman–Crippen LogP) is 2.32. The summed E-state index contributed by atoms with van der Waals surface area (Å²) in [6, 6.07) is 6.26. The molecular formula is C15H22N2O2. The van der Waals surface area contributed by atoms with Crippen LogP contribution in [-0.2, 0) is 4.79 Å². The van der Waals surface area contributed by atoms with Gasteiger partial charge in [-0.1, -0.05) is 19.4 Å². The lowest BCUT2D eigenvalue weighted by Crippen LogP contribution is -2.28. The number of benzene rings is 1. The molecule has 4 nitrogen and oxygen atoms in total. The van der Waals surface area contributed by atoms with Crippen molar-refractivity contribution in [2.75, 3.05) is 23.9 Å². The maximum absolute atomic E-state index is 11.7. The number of nitrogens with zero attached hydrogens (tertiary/aromatic N) is 2. The van der Waals surface area contributed by atoms with Crippen LogP contribution < -0.4 is 9.80 Å². The molecule has 0 spiro atoms. The smallest absolute Gasteiger partial charge is 0.260 e. The minimum atomic E-state index is -1.01. The number of likely N-dealkylation sites (N-methyl/N-ethyl adjacent to an activating group) is 1. The standard InChI is InChI=1S/C15H22N2O2/c1-5-6-10(2)16(3)11-7-8-12-13(9-11)17(4)15(19)14(12)18/h7-10,14,18H,5-6H2,1-4H3. The average molecular weight is 262 g/mol. The van der Waals surface area contributed by atoms with Crippen molar-refractivity contribution in [1.82, 2.24) is 0 Å². The van der Waals surface area contributed by atoms with Gasteiger partial charge in [0.1, 0.15) is 0 Å². The van der Waals surface area contributed by atoms with Crippen LogP contribution in [0.1, 0.15) is 38.4 Å². The summed E-state index contributed by atoms with van der Waals surface area (Å²) in [7, 11) is 3.77. The lowest BCUT2D eigenvalue weighted by molar-refractivity contribution is -0.125. The normalized spacial score (nSPS) is 19.5. The molecule has 1 aliphatic heterocycles. The predicted molar refractivity (Wildman–Crippen MR) is 77.6 cm³/mol. The van der Waals surface area contributed by atoms with Crippen molar-refractivity contribution < 1.29 is 9.90 Å². The van der Waals surface area contributed by atoms with Crippen LogP contribution in [0.15, 0.2) is 18.2 Å². The maximum Gasteiger partial charge on any atom is 0.260 e. The number of aliphatic hydroxyl groups excluding tert-OH is 1. The van der Waals surface area contributed by atoms with Crippen molar-refractivity contribution in [3.8, 4) is 0 Å². The molecule has 0 saturated carbocycles. The molecule has 2 unspecified atom stereocenters. The molecule has 1 amide bonds. The van der Waals surface area contributed by atoms with E-state index in [0.29, 0.717) is 11.6 Å². The van der Waals surface area contributed by atoms with E-state index in [0.717, 1.165) is 24.2 Å². The van der Waals surface area contributed by atoms with Gasteiger partial charge in [0.05, 0.1) is 5.69 Å². The minimum Gasteiger partial charge on any atom is -0.378 e. The number of carbonyl (C=O) groups is 1. The van der Waals surface area contributed by atoms with Gasteiger partial charge in [-0.3, -0.25) is 4.79 Å². The van der Waals surface area contributed by atoms with Gasteiger partial charge in [0.2, 0.25) is 0 Å². The number of anilines is 2. The molecule has 1 heterocycles. The number of carbonyl (C=O) groups excluding carboxylic acids is 1. The van der Waals surface area contributed by atoms with Gasteiger partial charge in [-0.25, -0.2) is 0 Å². The highest BCUT2D eigenvalue weighted by Gasteiger charge is 2.33. The van der Waals surface area contributed by atoms with Crippen LogP contribution in [0.3, 0.4) is 0 Å². The first-order valence-electron chi connectivity index (χ1n) is 6.79. The Morgan fingerprint density at radius 2 is 2.16 bits per heavy atom. The number of hydrogen-bond donors (Lipinski definition) is 1. The molecule has 104 valence electrons. The van der Waals surface area contributed by atoms with Crippen molar-refractivity contribution >= 4 is 17.3 Å². The molecule has 1 aromatic carbocycles. The van der Waals surface area contributed by atoms with Gasteiger partial charge in [-0.05, 0) is 25.5 Å². The molecule has 0 saturated heterocycles. The molecule has 2 atom stereocenters. The fourth-order valence-corrected chi connectivity index (χ4v) is 2.57. The third-order valence-electron chi connectivity index (χ3n) is 4.01. The first-order chi connectivity index (χ1) is 8.97. The number of amides is 1. The fraction of sp³-hybridized carbons (Fsp3) is 0.533. The van der Waals surface area contributed by atoms with Crippen LogP contribution >= 0.6 is 0 Å². The molecule has 1 aliphatic rings. The van der Waals surface area contributed by atoms with Gasteiger partial charge in [0.25, 0.3) is 5.91 Å². The van der Waals surface area contributed by atoms with E-state index in [1.807, 2.05) is 18.2 Å².